The first-order valence-corrected chi connectivity index (χ1v) is 10.0. The minimum absolute atomic E-state index is 0.389. The van der Waals surface area contributed by atoms with Crippen molar-refractivity contribution >= 4 is 21.6 Å². The van der Waals surface area contributed by atoms with E-state index in [0.717, 1.165) is 23.6 Å². The zero-order valence-electron chi connectivity index (χ0n) is 12.2. The van der Waals surface area contributed by atoms with E-state index in [2.05, 4.69) is 0 Å². The topological polar surface area (TPSA) is 72.6 Å². The summed E-state index contributed by atoms with van der Waals surface area (Å²) in [5.74, 6) is 2.40. The molecule has 7 heteroatoms. The molecule has 2 rings (SSSR count). The molecule has 0 aliphatic carbocycles. The average Bonchev–Trinajstić information content (AvgIpc) is 2.47. The van der Waals surface area contributed by atoms with Crippen LogP contribution in [0.5, 0.6) is 5.75 Å². The Labute approximate surface area is 130 Å². The van der Waals surface area contributed by atoms with Gasteiger partial charge < -0.3 is 10.5 Å². The van der Waals surface area contributed by atoms with Crippen molar-refractivity contribution in [2.24, 2.45) is 5.73 Å². The summed E-state index contributed by atoms with van der Waals surface area (Å²) in [5, 5.41) is -0.389. The molecule has 5 nitrogen and oxygen atoms in total. The lowest BCUT2D eigenvalue weighted by atomic mass is 10.2. The summed E-state index contributed by atoms with van der Waals surface area (Å²) in [6.45, 7) is 2.41. The van der Waals surface area contributed by atoms with Crippen molar-refractivity contribution in [1.82, 2.24) is 4.90 Å². The van der Waals surface area contributed by atoms with E-state index in [-0.39, 0.29) is 5.37 Å². The highest BCUT2D eigenvalue weighted by atomic mass is 32.2. The van der Waals surface area contributed by atoms with Crippen molar-refractivity contribution in [3.63, 3.8) is 0 Å². The number of ether oxygens (including phenoxy) is 1. The molecule has 1 fully saturated rings. The van der Waals surface area contributed by atoms with E-state index in [1.165, 1.54) is 6.26 Å². The van der Waals surface area contributed by atoms with Gasteiger partial charge in [0, 0.05) is 37.4 Å². The van der Waals surface area contributed by atoms with Crippen LogP contribution in [-0.2, 0) is 16.4 Å². The van der Waals surface area contributed by atoms with Crippen LogP contribution < -0.4 is 10.5 Å². The van der Waals surface area contributed by atoms with Crippen LogP contribution in [0.25, 0.3) is 0 Å². The fraction of sp³-hybridized carbons (Fsp3) is 0.571. The zero-order valence-corrected chi connectivity index (χ0v) is 13.8. The second kappa shape index (κ2) is 7.49. The summed E-state index contributed by atoms with van der Waals surface area (Å²) in [4.78, 5) is 2.00. The van der Waals surface area contributed by atoms with Crippen molar-refractivity contribution in [1.29, 1.82) is 0 Å². The molecule has 0 bridgehead atoms. The van der Waals surface area contributed by atoms with E-state index >= 15 is 0 Å². The molecule has 1 atom stereocenters. The summed E-state index contributed by atoms with van der Waals surface area (Å²) in [5.41, 5.74) is 6.61. The van der Waals surface area contributed by atoms with E-state index in [0.29, 0.717) is 25.4 Å². The highest BCUT2D eigenvalue weighted by Crippen LogP contribution is 2.20. The summed E-state index contributed by atoms with van der Waals surface area (Å²) >= 11 is 1.69. The second-order valence-corrected chi connectivity index (χ2v) is 8.44. The third kappa shape index (κ3) is 4.88. The van der Waals surface area contributed by atoms with Crippen LogP contribution in [0, 0.1) is 0 Å². The molecule has 0 saturated carbocycles. The lowest BCUT2D eigenvalue weighted by Crippen LogP contribution is -2.48. The molecule has 1 aromatic carbocycles. The van der Waals surface area contributed by atoms with Crippen molar-refractivity contribution in [2.75, 3.05) is 37.5 Å². The summed E-state index contributed by atoms with van der Waals surface area (Å²) in [6.07, 6.45) is 1.31. The first-order valence-electron chi connectivity index (χ1n) is 6.93. The number of sulfone groups is 1. The van der Waals surface area contributed by atoms with Gasteiger partial charge in [-0.05, 0) is 17.7 Å². The lowest BCUT2D eigenvalue weighted by molar-refractivity contribution is 0.206. The van der Waals surface area contributed by atoms with E-state index in [1.807, 2.05) is 29.2 Å². The molecule has 21 heavy (non-hydrogen) atoms. The van der Waals surface area contributed by atoms with E-state index in [1.54, 1.807) is 11.8 Å². The fourth-order valence-corrected chi connectivity index (χ4v) is 5.24. The first-order chi connectivity index (χ1) is 10.0. The Morgan fingerprint density at radius 2 is 2.10 bits per heavy atom. The minimum Gasteiger partial charge on any atom is -0.492 e. The number of hydrogen-bond acceptors (Lipinski definition) is 6. The molecule has 1 saturated heterocycles. The quantitative estimate of drug-likeness (QED) is 0.837. The van der Waals surface area contributed by atoms with Crippen LogP contribution in [0.3, 0.4) is 0 Å². The molecule has 1 aliphatic rings. The lowest BCUT2D eigenvalue weighted by Gasteiger charge is -2.33. The van der Waals surface area contributed by atoms with Crippen molar-refractivity contribution in [2.45, 2.75) is 11.9 Å². The van der Waals surface area contributed by atoms with Gasteiger partial charge in [-0.25, -0.2) is 8.42 Å². The van der Waals surface area contributed by atoms with Crippen LogP contribution in [0.15, 0.2) is 24.3 Å². The Kier molecular flexibility index (Phi) is 5.92. The molecule has 118 valence electrons. The van der Waals surface area contributed by atoms with Crippen LogP contribution in [-0.4, -0.2) is 56.1 Å². The highest BCUT2D eigenvalue weighted by Gasteiger charge is 2.30. The van der Waals surface area contributed by atoms with Crippen molar-refractivity contribution < 1.29 is 13.2 Å². The summed E-state index contributed by atoms with van der Waals surface area (Å²) < 4.78 is 29.3. The standard InChI is InChI=1S/C14H22N2O3S2/c1-21(17,18)14-11-20-9-7-16(14)6-8-19-13-4-2-12(10-15)3-5-13/h2-5,14H,6-11,15H2,1H3. The SMILES string of the molecule is CS(=O)(=O)C1CSCCN1CCOc1ccc(CN)cc1. The van der Waals surface area contributed by atoms with Crippen molar-refractivity contribution in [3.05, 3.63) is 29.8 Å². The number of hydrogen-bond donors (Lipinski definition) is 1. The Balaban J connectivity index is 1.86. The first kappa shape index (κ1) is 16.6. The van der Waals surface area contributed by atoms with Gasteiger partial charge in [-0.2, -0.15) is 11.8 Å². The number of nitrogens with two attached hydrogens (primary N) is 1. The molecule has 0 spiro atoms. The number of thioether (sulfide) groups is 1. The normalized spacial score (nSPS) is 20.4. The van der Waals surface area contributed by atoms with Crippen LogP contribution >= 0.6 is 11.8 Å². The molecule has 1 heterocycles. The number of nitrogens with zero attached hydrogens (tertiary/aromatic N) is 1. The smallest absolute Gasteiger partial charge is 0.164 e. The molecule has 1 aliphatic heterocycles. The predicted molar refractivity (Wildman–Crippen MR) is 87.4 cm³/mol. The molecule has 0 radical (unpaired) electrons. The third-order valence-corrected chi connectivity index (χ3v) is 6.18. The Morgan fingerprint density at radius 3 is 2.71 bits per heavy atom. The van der Waals surface area contributed by atoms with Crippen LogP contribution in [0.2, 0.25) is 0 Å². The van der Waals surface area contributed by atoms with Gasteiger partial charge >= 0.3 is 0 Å². The maximum Gasteiger partial charge on any atom is 0.164 e. The van der Waals surface area contributed by atoms with E-state index in [4.69, 9.17) is 10.5 Å². The van der Waals surface area contributed by atoms with Crippen molar-refractivity contribution in [3.8, 4) is 5.75 Å². The predicted octanol–water partition coefficient (Wildman–Crippen LogP) is 0.944. The van der Waals surface area contributed by atoms with Gasteiger partial charge in [0.15, 0.2) is 9.84 Å². The summed E-state index contributed by atoms with van der Waals surface area (Å²) in [7, 11) is -3.04. The second-order valence-electron chi connectivity index (χ2n) is 5.09. The Bertz CT molecular complexity index is 546. The third-order valence-electron chi connectivity index (χ3n) is 3.49. The van der Waals surface area contributed by atoms with Gasteiger partial charge in [-0.15, -0.1) is 0 Å². The molecular formula is C14H22N2O3S2. The van der Waals surface area contributed by atoms with Crippen LogP contribution in [0.4, 0.5) is 0 Å². The largest absolute Gasteiger partial charge is 0.492 e. The monoisotopic (exact) mass is 330 g/mol. The Hall–Kier alpha value is -0.760. The molecule has 0 amide bonds. The van der Waals surface area contributed by atoms with Gasteiger partial charge in [-0.1, -0.05) is 12.1 Å². The highest BCUT2D eigenvalue weighted by molar-refractivity contribution is 8.00. The zero-order chi connectivity index (χ0) is 15.3. The molecule has 0 aromatic heterocycles. The number of rotatable bonds is 6. The summed E-state index contributed by atoms with van der Waals surface area (Å²) in [6, 6.07) is 7.66. The van der Waals surface area contributed by atoms with E-state index in [9.17, 15) is 8.42 Å². The van der Waals surface area contributed by atoms with Gasteiger partial charge in [-0.3, -0.25) is 4.90 Å². The van der Waals surface area contributed by atoms with Gasteiger partial charge in [0.2, 0.25) is 0 Å². The molecule has 2 N–H and O–H groups in total. The van der Waals surface area contributed by atoms with Gasteiger partial charge in [0.05, 0.1) is 0 Å². The number of benzene rings is 1. The fourth-order valence-electron chi connectivity index (χ4n) is 2.27. The average molecular weight is 330 g/mol. The van der Waals surface area contributed by atoms with Gasteiger partial charge in [0.25, 0.3) is 0 Å². The molecular weight excluding hydrogens is 308 g/mol. The molecule has 1 unspecified atom stereocenters. The Morgan fingerprint density at radius 1 is 1.38 bits per heavy atom. The minimum atomic E-state index is -3.04. The maximum atomic E-state index is 11.8. The van der Waals surface area contributed by atoms with Crippen LogP contribution in [0.1, 0.15) is 5.56 Å². The van der Waals surface area contributed by atoms with E-state index < -0.39 is 9.84 Å². The van der Waals surface area contributed by atoms with Gasteiger partial charge in [0.1, 0.15) is 17.7 Å². The maximum absolute atomic E-state index is 11.8. The molecule has 1 aromatic rings.